The van der Waals surface area contributed by atoms with Crippen molar-refractivity contribution in [2.45, 2.75) is 39.2 Å². The minimum Gasteiger partial charge on any atom is -0.382 e. The van der Waals surface area contributed by atoms with Crippen LogP contribution in [0.3, 0.4) is 0 Å². The lowest BCUT2D eigenvalue weighted by Gasteiger charge is -2.32. The van der Waals surface area contributed by atoms with Crippen LogP contribution in [0.25, 0.3) is 0 Å². The largest absolute Gasteiger partial charge is 0.382 e. The van der Waals surface area contributed by atoms with Gasteiger partial charge in [-0.3, -0.25) is 10.1 Å². The normalized spacial score (nSPS) is 17.1. The Bertz CT molecular complexity index is 468. The number of piperidine rings is 1. The van der Waals surface area contributed by atoms with E-state index < -0.39 is 0 Å². The average Bonchev–Trinajstić information content (AvgIpc) is 2.43. The molecule has 0 atom stereocenters. The Hall–Kier alpha value is -1.62. The van der Waals surface area contributed by atoms with Crippen LogP contribution in [-0.4, -0.2) is 35.5 Å². The number of nitrogens with one attached hydrogen (secondary N) is 1. The van der Waals surface area contributed by atoms with E-state index in [-0.39, 0.29) is 10.6 Å². The third-order valence-corrected chi connectivity index (χ3v) is 3.92. The number of aryl methyl sites for hydroxylation is 1. The van der Waals surface area contributed by atoms with Crippen molar-refractivity contribution in [1.82, 2.24) is 4.90 Å². The molecule has 1 saturated heterocycles. The van der Waals surface area contributed by atoms with Crippen LogP contribution in [0.5, 0.6) is 0 Å². The smallest absolute Gasteiger partial charge is 0.271 e. The Morgan fingerprint density at radius 3 is 2.70 bits per heavy atom. The van der Waals surface area contributed by atoms with Crippen molar-refractivity contribution >= 4 is 11.4 Å². The van der Waals surface area contributed by atoms with E-state index in [1.54, 1.807) is 12.1 Å². The van der Waals surface area contributed by atoms with E-state index in [9.17, 15) is 10.1 Å². The quantitative estimate of drug-likeness (QED) is 0.663. The Morgan fingerprint density at radius 2 is 2.10 bits per heavy atom. The second kappa shape index (κ2) is 6.70. The van der Waals surface area contributed by atoms with E-state index in [4.69, 9.17) is 0 Å². The molecule has 0 amide bonds. The third kappa shape index (κ3) is 3.70. The molecule has 0 aliphatic carbocycles. The summed E-state index contributed by atoms with van der Waals surface area (Å²) in [4.78, 5) is 13.0. The number of rotatable bonds is 5. The van der Waals surface area contributed by atoms with Gasteiger partial charge in [0.2, 0.25) is 0 Å². The highest BCUT2D eigenvalue weighted by Gasteiger charge is 2.19. The van der Waals surface area contributed by atoms with Crippen LogP contribution in [0.1, 0.15) is 31.7 Å². The number of hydrogen-bond acceptors (Lipinski definition) is 4. The van der Waals surface area contributed by atoms with Crippen LogP contribution in [0, 0.1) is 17.0 Å². The van der Waals surface area contributed by atoms with Gasteiger partial charge >= 0.3 is 0 Å². The topological polar surface area (TPSA) is 58.4 Å². The summed E-state index contributed by atoms with van der Waals surface area (Å²) in [5.74, 6) is 0. The molecule has 20 heavy (non-hydrogen) atoms. The monoisotopic (exact) mass is 277 g/mol. The zero-order valence-corrected chi connectivity index (χ0v) is 12.3. The summed E-state index contributed by atoms with van der Waals surface area (Å²) in [5.41, 5.74) is 2.11. The number of nitrogens with zero attached hydrogens (tertiary/aromatic N) is 2. The maximum absolute atomic E-state index is 10.8. The summed E-state index contributed by atoms with van der Waals surface area (Å²) in [7, 11) is 0. The zero-order chi connectivity index (χ0) is 14.5. The molecule has 1 aliphatic rings. The van der Waals surface area contributed by atoms with Gasteiger partial charge in [-0.25, -0.2) is 0 Å². The van der Waals surface area contributed by atoms with Crippen LogP contribution >= 0.6 is 0 Å². The highest BCUT2D eigenvalue weighted by molar-refractivity contribution is 5.57. The van der Waals surface area contributed by atoms with Crippen molar-refractivity contribution in [2.75, 3.05) is 25.0 Å². The summed E-state index contributed by atoms with van der Waals surface area (Å²) in [6.45, 7) is 7.58. The third-order valence-electron chi connectivity index (χ3n) is 3.92. The van der Waals surface area contributed by atoms with E-state index in [0.717, 1.165) is 37.2 Å². The van der Waals surface area contributed by atoms with Gasteiger partial charge in [0, 0.05) is 37.0 Å². The predicted octanol–water partition coefficient (Wildman–Crippen LogP) is 3.19. The zero-order valence-electron chi connectivity index (χ0n) is 12.3. The van der Waals surface area contributed by atoms with E-state index in [2.05, 4.69) is 17.1 Å². The molecule has 1 fully saturated rings. The second-order valence-corrected chi connectivity index (χ2v) is 5.52. The van der Waals surface area contributed by atoms with Crippen molar-refractivity contribution in [3.63, 3.8) is 0 Å². The lowest BCUT2D eigenvalue weighted by molar-refractivity contribution is -0.384. The second-order valence-electron chi connectivity index (χ2n) is 5.52. The van der Waals surface area contributed by atoms with Gasteiger partial charge in [-0.05, 0) is 38.3 Å². The van der Waals surface area contributed by atoms with E-state index in [1.165, 1.54) is 13.0 Å². The molecule has 1 heterocycles. The van der Waals surface area contributed by atoms with Crippen LogP contribution in [0.15, 0.2) is 18.2 Å². The summed E-state index contributed by atoms with van der Waals surface area (Å²) < 4.78 is 0. The molecule has 0 unspecified atom stereocenters. The van der Waals surface area contributed by atoms with Crippen LogP contribution in [0.2, 0.25) is 0 Å². The molecule has 1 N–H and O–H groups in total. The van der Waals surface area contributed by atoms with Gasteiger partial charge in [-0.2, -0.15) is 0 Å². The number of anilines is 1. The van der Waals surface area contributed by atoms with Gasteiger partial charge < -0.3 is 10.2 Å². The van der Waals surface area contributed by atoms with Crippen molar-refractivity contribution in [3.8, 4) is 0 Å². The molecule has 5 nitrogen and oxygen atoms in total. The van der Waals surface area contributed by atoms with Gasteiger partial charge in [0.1, 0.15) is 0 Å². The first-order valence-corrected chi connectivity index (χ1v) is 7.34. The van der Waals surface area contributed by atoms with Crippen molar-refractivity contribution < 1.29 is 4.92 Å². The van der Waals surface area contributed by atoms with Gasteiger partial charge in [0.25, 0.3) is 5.69 Å². The molecular formula is C15H23N3O2. The standard InChI is InChI=1S/C15H23N3O2/c1-3-8-17-9-6-13(7-10-17)16-15-11-14(18(19)20)5-4-12(15)2/h4-5,11,13,16H,3,6-10H2,1-2H3. The van der Waals surface area contributed by atoms with E-state index in [1.807, 2.05) is 13.0 Å². The summed E-state index contributed by atoms with van der Waals surface area (Å²) in [5, 5.41) is 14.3. The van der Waals surface area contributed by atoms with Crippen molar-refractivity contribution in [3.05, 3.63) is 33.9 Å². The number of likely N-dealkylation sites (tertiary alicyclic amines) is 1. The minimum absolute atomic E-state index is 0.154. The number of non-ortho nitro benzene ring substituents is 1. The molecule has 110 valence electrons. The lowest BCUT2D eigenvalue weighted by atomic mass is 10.0. The Morgan fingerprint density at radius 1 is 1.40 bits per heavy atom. The molecule has 0 bridgehead atoms. The van der Waals surface area contributed by atoms with Crippen LogP contribution < -0.4 is 5.32 Å². The molecule has 1 aromatic carbocycles. The molecule has 1 aliphatic heterocycles. The summed E-state index contributed by atoms with van der Waals surface area (Å²) in [6, 6.07) is 5.44. The molecule has 2 rings (SSSR count). The van der Waals surface area contributed by atoms with Gasteiger partial charge in [0.15, 0.2) is 0 Å². The van der Waals surface area contributed by atoms with Crippen LogP contribution in [-0.2, 0) is 0 Å². The lowest BCUT2D eigenvalue weighted by Crippen LogP contribution is -2.39. The number of benzene rings is 1. The maximum Gasteiger partial charge on any atom is 0.271 e. The average molecular weight is 277 g/mol. The molecule has 0 radical (unpaired) electrons. The van der Waals surface area contributed by atoms with E-state index >= 15 is 0 Å². The number of hydrogen-bond donors (Lipinski definition) is 1. The van der Waals surface area contributed by atoms with Gasteiger partial charge in [0.05, 0.1) is 4.92 Å². The summed E-state index contributed by atoms with van der Waals surface area (Å²) >= 11 is 0. The fraction of sp³-hybridized carbons (Fsp3) is 0.600. The maximum atomic E-state index is 10.8. The summed E-state index contributed by atoms with van der Waals surface area (Å²) in [6.07, 6.45) is 3.40. The minimum atomic E-state index is -0.339. The molecule has 0 saturated carbocycles. The highest BCUT2D eigenvalue weighted by atomic mass is 16.6. The number of nitro benzene ring substituents is 1. The van der Waals surface area contributed by atoms with Gasteiger partial charge in [-0.1, -0.05) is 13.0 Å². The number of nitro groups is 1. The van der Waals surface area contributed by atoms with Crippen molar-refractivity contribution in [1.29, 1.82) is 0 Å². The molecule has 1 aromatic rings. The Kier molecular flexibility index (Phi) is 4.95. The molecule has 0 spiro atoms. The first-order valence-electron chi connectivity index (χ1n) is 7.34. The fourth-order valence-electron chi connectivity index (χ4n) is 2.72. The Labute approximate surface area is 120 Å². The first kappa shape index (κ1) is 14.8. The SMILES string of the molecule is CCCN1CCC(Nc2cc([N+](=O)[O-])ccc2C)CC1. The Balaban J connectivity index is 1.97. The molecule has 5 heteroatoms. The van der Waals surface area contributed by atoms with Crippen LogP contribution in [0.4, 0.5) is 11.4 Å². The molecule has 0 aromatic heterocycles. The van der Waals surface area contributed by atoms with Gasteiger partial charge in [-0.15, -0.1) is 0 Å². The predicted molar refractivity (Wildman–Crippen MR) is 81.2 cm³/mol. The molecular weight excluding hydrogens is 254 g/mol. The highest BCUT2D eigenvalue weighted by Crippen LogP contribution is 2.24. The first-order chi connectivity index (χ1) is 9.60. The van der Waals surface area contributed by atoms with Crippen molar-refractivity contribution in [2.24, 2.45) is 0 Å². The van der Waals surface area contributed by atoms with E-state index in [0.29, 0.717) is 6.04 Å². The fourth-order valence-corrected chi connectivity index (χ4v) is 2.72.